The number of fused-ring (bicyclic) bond motifs is 1. The molecule has 0 aliphatic heterocycles. The van der Waals surface area contributed by atoms with E-state index in [1.165, 1.54) is 11.3 Å². The summed E-state index contributed by atoms with van der Waals surface area (Å²) < 4.78 is 6.82. The second-order valence-electron chi connectivity index (χ2n) is 5.04. The molecule has 0 atom stereocenters. The van der Waals surface area contributed by atoms with Gasteiger partial charge in [-0.05, 0) is 6.07 Å². The number of nitrogens with zero attached hydrogens (tertiary/aromatic N) is 5. The quantitative estimate of drug-likeness (QED) is 0.687. The van der Waals surface area contributed by atoms with Gasteiger partial charge in [0.05, 0.1) is 30.4 Å². The van der Waals surface area contributed by atoms with Crippen LogP contribution in [-0.2, 0) is 18.3 Å². The molecule has 120 valence electrons. The molecule has 3 aromatic heterocycles. The molecule has 0 spiro atoms. The molecule has 3 heterocycles. The van der Waals surface area contributed by atoms with Gasteiger partial charge in [0.25, 0.3) is 5.91 Å². The summed E-state index contributed by atoms with van der Waals surface area (Å²) in [6.07, 6.45) is 5.01. The first-order valence-electron chi connectivity index (χ1n) is 7.13. The third kappa shape index (κ3) is 3.38. The zero-order chi connectivity index (χ0) is 16.2. The Morgan fingerprint density at radius 1 is 1.39 bits per heavy atom. The van der Waals surface area contributed by atoms with Crippen molar-refractivity contribution in [2.45, 2.75) is 6.54 Å². The maximum absolute atomic E-state index is 12.8. The van der Waals surface area contributed by atoms with E-state index in [-0.39, 0.29) is 5.91 Å². The summed E-state index contributed by atoms with van der Waals surface area (Å²) in [7, 11) is 3.45. The number of carbonyl (C=O) groups is 1. The predicted octanol–water partition coefficient (Wildman–Crippen LogP) is 1.71. The van der Waals surface area contributed by atoms with Gasteiger partial charge in [-0.3, -0.25) is 14.5 Å². The van der Waals surface area contributed by atoms with Crippen LogP contribution in [0.25, 0.3) is 11.0 Å². The van der Waals surface area contributed by atoms with E-state index in [4.69, 9.17) is 4.74 Å². The highest BCUT2D eigenvalue weighted by atomic mass is 32.1. The molecule has 0 aliphatic carbocycles. The van der Waals surface area contributed by atoms with Gasteiger partial charge < -0.3 is 9.64 Å². The topological polar surface area (TPSA) is 73.1 Å². The van der Waals surface area contributed by atoms with Gasteiger partial charge in [0.15, 0.2) is 0 Å². The molecule has 3 rings (SSSR count). The normalized spacial score (nSPS) is 11.0. The van der Waals surface area contributed by atoms with Gasteiger partial charge in [-0.1, -0.05) is 0 Å². The van der Waals surface area contributed by atoms with Gasteiger partial charge in [-0.15, -0.1) is 11.3 Å². The van der Waals surface area contributed by atoms with E-state index in [1.54, 1.807) is 35.3 Å². The number of rotatable bonds is 6. The van der Waals surface area contributed by atoms with Gasteiger partial charge in [0, 0.05) is 38.5 Å². The third-order valence-electron chi connectivity index (χ3n) is 3.51. The van der Waals surface area contributed by atoms with Crippen molar-refractivity contribution in [1.82, 2.24) is 24.6 Å². The lowest BCUT2D eigenvalue weighted by atomic mass is 10.2. The Kier molecular flexibility index (Phi) is 4.63. The van der Waals surface area contributed by atoms with Crippen molar-refractivity contribution >= 4 is 28.3 Å². The van der Waals surface area contributed by atoms with Crippen molar-refractivity contribution < 1.29 is 9.53 Å². The Morgan fingerprint density at radius 3 is 3.00 bits per heavy atom. The van der Waals surface area contributed by atoms with Crippen LogP contribution in [0.4, 0.5) is 0 Å². The SMILES string of the molecule is COCCN(Cc1nccs1)C(=O)c1cnc2cnn(C)c2c1. The van der Waals surface area contributed by atoms with E-state index in [0.29, 0.717) is 25.3 Å². The second kappa shape index (κ2) is 6.84. The molecular formula is C15H17N5O2S. The van der Waals surface area contributed by atoms with Gasteiger partial charge in [-0.2, -0.15) is 5.10 Å². The molecule has 0 N–H and O–H groups in total. The van der Waals surface area contributed by atoms with Gasteiger partial charge in [0.2, 0.25) is 0 Å². The molecule has 0 radical (unpaired) electrons. The molecule has 0 saturated carbocycles. The number of carbonyl (C=O) groups excluding carboxylic acids is 1. The largest absolute Gasteiger partial charge is 0.383 e. The maximum Gasteiger partial charge on any atom is 0.255 e. The van der Waals surface area contributed by atoms with Crippen LogP contribution >= 0.6 is 11.3 Å². The molecule has 23 heavy (non-hydrogen) atoms. The number of pyridine rings is 1. The van der Waals surface area contributed by atoms with E-state index in [9.17, 15) is 4.79 Å². The molecule has 0 aliphatic rings. The van der Waals surface area contributed by atoms with Crippen LogP contribution in [0.1, 0.15) is 15.4 Å². The lowest BCUT2D eigenvalue weighted by Crippen LogP contribution is -2.33. The molecular weight excluding hydrogens is 314 g/mol. The summed E-state index contributed by atoms with van der Waals surface area (Å²) in [5.74, 6) is -0.0900. The van der Waals surface area contributed by atoms with Crippen molar-refractivity contribution in [3.05, 3.63) is 40.6 Å². The molecule has 0 saturated heterocycles. The zero-order valence-electron chi connectivity index (χ0n) is 13.0. The van der Waals surface area contributed by atoms with Gasteiger partial charge in [-0.25, -0.2) is 4.98 Å². The third-order valence-corrected chi connectivity index (χ3v) is 4.27. The zero-order valence-corrected chi connectivity index (χ0v) is 13.8. The highest BCUT2D eigenvalue weighted by molar-refractivity contribution is 7.09. The first kappa shape index (κ1) is 15.6. The first-order chi connectivity index (χ1) is 11.2. The standard InChI is InChI=1S/C15H17N5O2S/c1-19-13-7-11(8-17-12(13)9-18-19)15(21)20(4-5-22-2)10-14-16-3-6-23-14/h3,6-9H,4-5,10H2,1-2H3. The summed E-state index contributed by atoms with van der Waals surface area (Å²) in [5, 5.41) is 6.95. The number of amides is 1. The summed E-state index contributed by atoms with van der Waals surface area (Å²) >= 11 is 1.53. The van der Waals surface area contributed by atoms with Crippen LogP contribution < -0.4 is 0 Å². The molecule has 7 nitrogen and oxygen atoms in total. The Morgan fingerprint density at radius 2 is 2.26 bits per heavy atom. The first-order valence-corrected chi connectivity index (χ1v) is 8.01. The van der Waals surface area contributed by atoms with E-state index in [0.717, 1.165) is 16.0 Å². The summed E-state index contributed by atoms with van der Waals surface area (Å²) in [6, 6.07) is 1.82. The van der Waals surface area contributed by atoms with Crippen molar-refractivity contribution in [3.8, 4) is 0 Å². The van der Waals surface area contributed by atoms with Crippen molar-refractivity contribution in [2.75, 3.05) is 20.3 Å². The maximum atomic E-state index is 12.8. The highest BCUT2D eigenvalue weighted by Gasteiger charge is 2.18. The second-order valence-corrected chi connectivity index (χ2v) is 6.02. The van der Waals surface area contributed by atoms with E-state index < -0.39 is 0 Å². The Labute approximate surface area is 137 Å². The average Bonchev–Trinajstić information content (AvgIpc) is 3.20. The molecule has 1 amide bonds. The average molecular weight is 331 g/mol. The number of thiazole rings is 1. The summed E-state index contributed by atoms with van der Waals surface area (Å²) in [5.41, 5.74) is 2.14. The smallest absolute Gasteiger partial charge is 0.255 e. The predicted molar refractivity (Wildman–Crippen MR) is 87.2 cm³/mol. The lowest BCUT2D eigenvalue weighted by molar-refractivity contribution is 0.0680. The molecule has 3 aromatic rings. The molecule has 8 heteroatoms. The number of hydrogen-bond donors (Lipinski definition) is 0. The highest BCUT2D eigenvalue weighted by Crippen LogP contribution is 2.16. The number of ether oxygens (including phenoxy) is 1. The Balaban J connectivity index is 1.86. The van der Waals surface area contributed by atoms with Crippen LogP contribution in [0.5, 0.6) is 0 Å². The monoisotopic (exact) mass is 331 g/mol. The van der Waals surface area contributed by atoms with E-state index in [2.05, 4.69) is 15.1 Å². The summed E-state index contributed by atoms with van der Waals surface area (Å²) in [6.45, 7) is 1.43. The van der Waals surface area contributed by atoms with Crippen molar-refractivity contribution in [1.29, 1.82) is 0 Å². The number of methoxy groups -OCH3 is 1. The number of hydrogen-bond acceptors (Lipinski definition) is 6. The number of aromatic nitrogens is 4. The van der Waals surface area contributed by atoms with E-state index in [1.807, 2.05) is 18.5 Å². The van der Waals surface area contributed by atoms with Gasteiger partial charge >= 0.3 is 0 Å². The van der Waals surface area contributed by atoms with Crippen LogP contribution in [0.2, 0.25) is 0 Å². The Hall–Kier alpha value is -2.32. The fourth-order valence-corrected chi connectivity index (χ4v) is 2.90. The van der Waals surface area contributed by atoms with Crippen LogP contribution in [0, 0.1) is 0 Å². The molecule has 0 unspecified atom stereocenters. The van der Waals surface area contributed by atoms with Crippen molar-refractivity contribution in [3.63, 3.8) is 0 Å². The fraction of sp³-hybridized carbons (Fsp3) is 0.333. The molecule has 0 aromatic carbocycles. The molecule has 0 bridgehead atoms. The molecule has 0 fully saturated rings. The lowest BCUT2D eigenvalue weighted by Gasteiger charge is -2.21. The fourth-order valence-electron chi connectivity index (χ4n) is 2.27. The van der Waals surface area contributed by atoms with Crippen LogP contribution in [-0.4, -0.2) is 50.8 Å². The number of aryl methyl sites for hydroxylation is 1. The minimum atomic E-state index is -0.0900. The van der Waals surface area contributed by atoms with E-state index >= 15 is 0 Å². The minimum absolute atomic E-state index is 0.0900. The summed E-state index contributed by atoms with van der Waals surface area (Å²) in [4.78, 5) is 23.1. The van der Waals surface area contributed by atoms with Crippen molar-refractivity contribution in [2.24, 2.45) is 7.05 Å². The van der Waals surface area contributed by atoms with Crippen LogP contribution in [0.3, 0.4) is 0 Å². The van der Waals surface area contributed by atoms with Crippen LogP contribution in [0.15, 0.2) is 30.0 Å². The Bertz CT molecular complexity index is 799. The minimum Gasteiger partial charge on any atom is -0.383 e. The van der Waals surface area contributed by atoms with Gasteiger partial charge in [0.1, 0.15) is 10.5 Å².